The summed E-state index contributed by atoms with van der Waals surface area (Å²) in [6, 6.07) is 6.88. The molecule has 0 radical (unpaired) electrons. The van der Waals surface area contributed by atoms with Gasteiger partial charge in [0, 0.05) is 24.3 Å². The molecule has 1 aromatic rings. The van der Waals surface area contributed by atoms with Gasteiger partial charge in [-0.2, -0.15) is 0 Å². The van der Waals surface area contributed by atoms with E-state index in [2.05, 4.69) is 44.0 Å². The summed E-state index contributed by atoms with van der Waals surface area (Å²) in [5.74, 6) is 0.834. The quantitative estimate of drug-likeness (QED) is 0.831. The van der Waals surface area contributed by atoms with E-state index in [9.17, 15) is 0 Å². The molecule has 92 valence electrons. The van der Waals surface area contributed by atoms with Crippen molar-refractivity contribution >= 4 is 22.9 Å². The molecule has 1 atom stereocenters. The average molecular weight is 248 g/mol. The predicted molar refractivity (Wildman–Crippen MR) is 77.7 cm³/mol. The molecule has 0 amide bonds. The molecular weight excluding hydrogens is 228 g/mol. The number of benzene rings is 1. The molecule has 0 heterocycles. The van der Waals surface area contributed by atoms with Gasteiger partial charge in [0.15, 0.2) is 0 Å². The zero-order valence-electron chi connectivity index (χ0n) is 10.7. The lowest BCUT2D eigenvalue weighted by molar-refractivity contribution is 0.609. The van der Waals surface area contributed by atoms with E-state index in [4.69, 9.17) is 18.0 Å². The third kappa shape index (κ3) is 2.60. The summed E-state index contributed by atoms with van der Waals surface area (Å²) in [5, 5.41) is 0. The Morgan fingerprint density at radius 1 is 1.47 bits per heavy atom. The molecule has 2 nitrogen and oxygen atoms in total. The first kappa shape index (κ1) is 12.4. The van der Waals surface area contributed by atoms with Crippen LogP contribution in [0.2, 0.25) is 0 Å². The number of thiocarbonyl (C=S) groups is 1. The first-order valence-corrected chi connectivity index (χ1v) is 6.55. The van der Waals surface area contributed by atoms with Crippen molar-refractivity contribution in [3.63, 3.8) is 0 Å². The summed E-state index contributed by atoms with van der Waals surface area (Å²) < 4.78 is 0. The smallest absolute Gasteiger partial charge is 0.106 e. The number of aryl methyl sites for hydroxylation is 1. The van der Waals surface area contributed by atoms with Gasteiger partial charge in [-0.15, -0.1) is 0 Å². The van der Waals surface area contributed by atoms with Crippen LogP contribution in [0.1, 0.15) is 30.9 Å². The minimum Gasteiger partial charge on any atom is -0.389 e. The summed E-state index contributed by atoms with van der Waals surface area (Å²) >= 11 is 5.15. The highest BCUT2D eigenvalue weighted by Crippen LogP contribution is 2.37. The Kier molecular flexibility index (Phi) is 3.38. The average Bonchev–Trinajstić information content (AvgIpc) is 3.10. The van der Waals surface area contributed by atoms with E-state index >= 15 is 0 Å². The number of anilines is 1. The van der Waals surface area contributed by atoms with E-state index in [0.29, 0.717) is 11.0 Å². The number of rotatable bonds is 4. The minimum atomic E-state index is 0.485. The highest BCUT2D eigenvalue weighted by Gasteiger charge is 2.31. The molecule has 1 unspecified atom stereocenters. The Hall–Kier alpha value is -1.09. The molecule has 1 saturated carbocycles. The molecule has 1 fully saturated rings. The lowest BCUT2D eigenvalue weighted by atomic mass is 10.1. The molecule has 0 aliphatic heterocycles. The Bertz CT molecular complexity index is 438. The van der Waals surface area contributed by atoms with Crippen LogP contribution in [0, 0.1) is 12.8 Å². The minimum absolute atomic E-state index is 0.485. The van der Waals surface area contributed by atoms with Gasteiger partial charge in [-0.3, -0.25) is 0 Å². The van der Waals surface area contributed by atoms with Crippen molar-refractivity contribution in [3.8, 4) is 0 Å². The van der Waals surface area contributed by atoms with Crippen molar-refractivity contribution in [1.29, 1.82) is 0 Å². The van der Waals surface area contributed by atoms with E-state index in [0.717, 1.165) is 17.2 Å². The Morgan fingerprint density at radius 3 is 2.65 bits per heavy atom. The standard InChI is InChI=1S/C14H20N2S/c1-9-4-7-13(12(8-9)14(15)17)16(3)10(2)11-5-6-11/h4,7-8,10-11H,5-6H2,1-3H3,(H2,15,17). The second kappa shape index (κ2) is 4.65. The van der Waals surface area contributed by atoms with E-state index in [1.54, 1.807) is 0 Å². The Morgan fingerprint density at radius 2 is 2.12 bits per heavy atom. The number of nitrogens with zero attached hydrogens (tertiary/aromatic N) is 1. The first-order valence-electron chi connectivity index (χ1n) is 6.14. The molecule has 1 aliphatic rings. The highest BCUT2D eigenvalue weighted by molar-refractivity contribution is 7.80. The van der Waals surface area contributed by atoms with Crippen molar-refractivity contribution in [1.82, 2.24) is 0 Å². The fourth-order valence-corrected chi connectivity index (χ4v) is 2.43. The lowest BCUT2D eigenvalue weighted by Crippen LogP contribution is -2.32. The fraction of sp³-hybridized carbons (Fsp3) is 0.500. The molecule has 0 saturated heterocycles. The molecule has 2 N–H and O–H groups in total. The van der Waals surface area contributed by atoms with Crippen LogP contribution in [0.4, 0.5) is 5.69 Å². The van der Waals surface area contributed by atoms with Gasteiger partial charge in [0.1, 0.15) is 4.99 Å². The molecule has 2 rings (SSSR count). The number of hydrogen-bond acceptors (Lipinski definition) is 2. The van der Waals surface area contributed by atoms with Crippen molar-refractivity contribution in [2.24, 2.45) is 11.7 Å². The van der Waals surface area contributed by atoms with Gasteiger partial charge < -0.3 is 10.6 Å². The molecule has 1 aromatic carbocycles. The molecular formula is C14H20N2S. The number of hydrogen-bond donors (Lipinski definition) is 1. The maximum absolute atomic E-state index is 5.82. The lowest BCUT2D eigenvalue weighted by Gasteiger charge is -2.29. The summed E-state index contributed by atoms with van der Waals surface area (Å²) in [5.41, 5.74) is 9.17. The maximum Gasteiger partial charge on any atom is 0.106 e. The first-order chi connectivity index (χ1) is 8.00. The van der Waals surface area contributed by atoms with Gasteiger partial charge in [0.2, 0.25) is 0 Å². The summed E-state index contributed by atoms with van der Waals surface area (Å²) in [6.07, 6.45) is 2.69. The van der Waals surface area contributed by atoms with Crippen LogP contribution < -0.4 is 10.6 Å². The van der Waals surface area contributed by atoms with Crippen LogP contribution in [-0.2, 0) is 0 Å². The topological polar surface area (TPSA) is 29.3 Å². The fourth-order valence-electron chi connectivity index (χ4n) is 2.27. The second-order valence-electron chi connectivity index (χ2n) is 5.07. The van der Waals surface area contributed by atoms with Crippen molar-refractivity contribution in [2.45, 2.75) is 32.7 Å². The summed E-state index contributed by atoms with van der Waals surface area (Å²) in [6.45, 7) is 4.34. The highest BCUT2D eigenvalue weighted by atomic mass is 32.1. The zero-order valence-corrected chi connectivity index (χ0v) is 11.6. The molecule has 0 aromatic heterocycles. The second-order valence-corrected chi connectivity index (χ2v) is 5.51. The third-order valence-electron chi connectivity index (χ3n) is 3.71. The number of nitrogens with two attached hydrogens (primary N) is 1. The van der Waals surface area contributed by atoms with Gasteiger partial charge in [0.25, 0.3) is 0 Å². The van der Waals surface area contributed by atoms with Crippen LogP contribution in [0.25, 0.3) is 0 Å². The zero-order chi connectivity index (χ0) is 12.6. The molecule has 3 heteroatoms. The van der Waals surface area contributed by atoms with Crippen LogP contribution in [0.15, 0.2) is 18.2 Å². The van der Waals surface area contributed by atoms with E-state index in [1.165, 1.54) is 18.4 Å². The predicted octanol–water partition coefficient (Wildman–Crippen LogP) is 2.86. The van der Waals surface area contributed by atoms with Gasteiger partial charge in [-0.1, -0.05) is 23.8 Å². The van der Waals surface area contributed by atoms with Crippen LogP contribution in [0.5, 0.6) is 0 Å². The third-order valence-corrected chi connectivity index (χ3v) is 3.93. The van der Waals surface area contributed by atoms with Gasteiger partial charge >= 0.3 is 0 Å². The van der Waals surface area contributed by atoms with Gasteiger partial charge in [-0.05, 0) is 44.7 Å². The summed E-state index contributed by atoms with van der Waals surface area (Å²) in [4.78, 5) is 2.80. The van der Waals surface area contributed by atoms with Crippen LogP contribution >= 0.6 is 12.2 Å². The Balaban J connectivity index is 2.32. The molecule has 0 bridgehead atoms. The van der Waals surface area contributed by atoms with Crippen molar-refractivity contribution in [2.75, 3.05) is 11.9 Å². The molecule has 0 spiro atoms. The molecule has 17 heavy (non-hydrogen) atoms. The summed E-state index contributed by atoms with van der Waals surface area (Å²) in [7, 11) is 2.13. The Labute approximate surface area is 109 Å². The van der Waals surface area contributed by atoms with E-state index in [1.807, 2.05) is 0 Å². The normalized spacial score (nSPS) is 16.6. The SMILES string of the molecule is Cc1ccc(N(C)C(C)C2CC2)c(C(N)=S)c1. The van der Waals surface area contributed by atoms with Gasteiger partial charge in [-0.25, -0.2) is 0 Å². The van der Waals surface area contributed by atoms with Crippen LogP contribution in [0.3, 0.4) is 0 Å². The monoisotopic (exact) mass is 248 g/mol. The van der Waals surface area contributed by atoms with Crippen LogP contribution in [-0.4, -0.2) is 18.1 Å². The van der Waals surface area contributed by atoms with Crippen molar-refractivity contribution in [3.05, 3.63) is 29.3 Å². The largest absolute Gasteiger partial charge is 0.389 e. The molecule has 1 aliphatic carbocycles. The maximum atomic E-state index is 5.82. The van der Waals surface area contributed by atoms with Gasteiger partial charge in [0.05, 0.1) is 0 Å². The van der Waals surface area contributed by atoms with E-state index in [-0.39, 0.29) is 0 Å². The van der Waals surface area contributed by atoms with E-state index < -0.39 is 0 Å². The van der Waals surface area contributed by atoms with Crippen molar-refractivity contribution < 1.29 is 0 Å².